The van der Waals surface area contributed by atoms with Gasteiger partial charge in [-0.15, -0.1) is 0 Å². The van der Waals surface area contributed by atoms with Crippen molar-refractivity contribution in [2.24, 2.45) is 0 Å². The number of nitrogens with zero attached hydrogens (tertiary/aromatic N) is 2. The summed E-state index contributed by atoms with van der Waals surface area (Å²) in [5, 5.41) is 0. The van der Waals surface area contributed by atoms with Crippen molar-refractivity contribution in [2.45, 2.75) is 26.3 Å². The number of hydrogen-bond donors (Lipinski definition) is 0. The van der Waals surface area contributed by atoms with Crippen LogP contribution in [-0.4, -0.2) is 30.2 Å². The lowest BCUT2D eigenvalue weighted by Crippen LogP contribution is -2.18. The van der Waals surface area contributed by atoms with Crippen molar-refractivity contribution in [3.8, 4) is 0 Å². The molecule has 0 spiro atoms. The SMILES string of the molecule is CC(=O)/C=C/c1cc(C(=O)CCc2ccc(F)c(F)c2)c(N(C)C)n1Cc1ccccc1. The molecule has 166 valence electrons. The Morgan fingerprint density at radius 2 is 1.69 bits per heavy atom. The summed E-state index contributed by atoms with van der Waals surface area (Å²) in [6, 6.07) is 15.3. The van der Waals surface area contributed by atoms with Crippen molar-refractivity contribution < 1.29 is 18.4 Å². The van der Waals surface area contributed by atoms with Crippen LogP contribution in [0.2, 0.25) is 0 Å². The van der Waals surface area contributed by atoms with E-state index in [4.69, 9.17) is 0 Å². The van der Waals surface area contributed by atoms with E-state index in [2.05, 4.69) is 0 Å². The minimum atomic E-state index is -0.922. The maximum atomic E-state index is 13.5. The van der Waals surface area contributed by atoms with Crippen LogP contribution in [0.1, 0.15) is 40.5 Å². The number of carbonyl (C=O) groups excluding carboxylic acids is 2. The monoisotopic (exact) mass is 436 g/mol. The van der Waals surface area contributed by atoms with Crippen molar-refractivity contribution in [1.82, 2.24) is 4.57 Å². The zero-order chi connectivity index (χ0) is 23.3. The molecule has 1 heterocycles. The van der Waals surface area contributed by atoms with Crippen LogP contribution in [0.3, 0.4) is 0 Å². The van der Waals surface area contributed by atoms with Gasteiger partial charge >= 0.3 is 0 Å². The lowest BCUT2D eigenvalue weighted by Gasteiger charge is -2.20. The average Bonchev–Trinajstić information content (AvgIpc) is 3.12. The van der Waals surface area contributed by atoms with Crippen molar-refractivity contribution in [3.63, 3.8) is 0 Å². The standard InChI is InChI=1S/C26H26F2N2O2/c1-18(31)9-12-21-16-22(25(32)14-11-19-10-13-23(27)24(28)15-19)26(29(2)3)30(21)17-20-7-5-4-6-8-20/h4-10,12-13,15-16H,11,14,17H2,1-3H3/b12-9+. The summed E-state index contributed by atoms with van der Waals surface area (Å²) in [5.74, 6) is -1.30. The third kappa shape index (κ3) is 5.58. The number of hydrogen-bond acceptors (Lipinski definition) is 3. The molecule has 3 aromatic rings. The first-order valence-electron chi connectivity index (χ1n) is 10.4. The van der Waals surface area contributed by atoms with Crippen LogP contribution in [0, 0.1) is 11.6 Å². The summed E-state index contributed by atoms with van der Waals surface area (Å²) in [6.45, 7) is 2.00. The fourth-order valence-electron chi connectivity index (χ4n) is 3.61. The number of ketones is 2. The van der Waals surface area contributed by atoms with Gasteiger partial charge in [0.1, 0.15) is 5.82 Å². The molecule has 3 rings (SSSR count). The molecule has 0 saturated heterocycles. The normalized spacial score (nSPS) is 11.2. The summed E-state index contributed by atoms with van der Waals surface area (Å²) < 4.78 is 28.7. The Balaban J connectivity index is 1.96. The van der Waals surface area contributed by atoms with Gasteiger partial charge in [-0.1, -0.05) is 36.4 Å². The Bertz CT molecular complexity index is 1150. The summed E-state index contributed by atoms with van der Waals surface area (Å²) in [6.07, 6.45) is 3.64. The quantitative estimate of drug-likeness (QED) is 0.338. The van der Waals surface area contributed by atoms with Gasteiger partial charge in [0.05, 0.1) is 5.56 Å². The first kappa shape index (κ1) is 23.1. The minimum absolute atomic E-state index is 0.0879. The number of Topliss-reactive ketones (excluding diaryl/α,β-unsaturated/α-hetero) is 1. The van der Waals surface area contributed by atoms with E-state index in [9.17, 15) is 18.4 Å². The van der Waals surface area contributed by atoms with Gasteiger partial charge in [0.25, 0.3) is 0 Å². The highest BCUT2D eigenvalue weighted by atomic mass is 19.2. The number of allylic oxidation sites excluding steroid dienone is 1. The minimum Gasteiger partial charge on any atom is -0.364 e. The maximum Gasteiger partial charge on any atom is 0.166 e. The topological polar surface area (TPSA) is 42.3 Å². The van der Waals surface area contributed by atoms with Crippen molar-refractivity contribution >= 4 is 23.5 Å². The Hall–Kier alpha value is -3.54. The molecule has 1 aromatic heterocycles. The lowest BCUT2D eigenvalue weighted by atomic mass is 10.0. The number of anilines is 1. The van der Waals surface area contributed by atoms with Gasteiger partial charge in [-0.25, -0.2) is 8.78 Å². The Labute approximate surface area is 186 Å². The van der Waals surface area contributed by atoms with Crippen LogP contribution in [0.4, 0.5) is 14.6 Å². The van der Waals surface area contributed by atoms with Crippen LogP contribution >= 0.6 is 0 Å². The smallest absolute Gasteiger partial charge is 0.166 e. The van der Waals surface area contributed by atoms with E-state index in [-0.39, 0.29) is 18.0 Å². The maximum absolute atomic E-state index is 13.5. The molecule has 0 unspecified atom stereocenters. The van der Waals surface area contributed by atoms with Crippen LogP contribution < -0.4 is 4.90 Å². The molecule has 0 amide bonds. The summed E-state index contributed by atoms with van der Waals surface area (Å²) in [7, 11) is 3.73. The molecule has 0 radical (unpaired) electrons. The molecule has 32 heavy (non-hydrogen) atoms. The van der Waals surface area contributed by atoms with E-state index in [1.54, 1.807) is 12.1 Å². The van der Waals surface area contributed by atoms with Gasteiger partial charge in [0, 0.05) is 32.8 Å². The van der Waals surface area contributed by atoms with Crippen LogP contribution in [0.15, 0.2) is 60.7 Å². The molecule has 0 saturated carbocycles. The van der Waals surface area contributed by atoms with Crippen LogP contribution in [0.5, 0.6) is 0 Å². The second kappa shape index (κ2) is 10.2. The van der Waals surface area contributed by atoms with E-state index in [0.717, 1.165) is 29.2 Å². The molecule has 0 aliphatic rings. The van der Waals surface area contributed by atoms with E-state index in [0.29, 0.717) is 24.1 Å². The van der Waals surface area contributed by atoms with Crippen molar-refractivity contribution in [1.29, 1.82) is 0 Å². The molecule has 4 nitrogen and oxygen atoms in total. The van der Waals surface area contributed by atoms with E-state index in [1.165, 1.54) is 19.1 Å². The highest BCUT2D eigenvalue weighted by Crippen LogP contribution is 2.28. The van der Waals surface area contributed by atoms with Gasteiger partial charge in [-0.2, -0.15) is 0 Å². The van der Waals surface area contributed by atoms with Gasteiger partial charge in [0.2, 0.25) is 0 Å². The van der Waals surface area contributed by atoms with E-state index in [1.807, 2.05) is 53.9 Å². The van der Waals surface area contributed by atoms with E-state index >= 15 is 0 Å². The molecule has 0 fully saturated rings. The zero-order valence-electron chi connectivity index (χ0n) is 18.4. The van der Waals surface area contributed by atoms with E-state index < -0.39 is 11.6 Å². The predicted octanol–water partition coefficient (Wildman–Crippen LogP) is 5.30. The van der Waals surface area contributed by atoms with Gasteiger partial charge in [-0.3, -0.25) is 9.59 Å². The Kier molecular flexibility index (Phi) is 7.36. The molecule has 0 bridgehead atoms. The molecule has 0 aliphatic heterocycles. The fourth-order valence-corrected chi connectivity index (χ4v) is 3.61. The first-order valence-corrected chi connectivity index (χ1v) is 10.4. The highest BCUT2D eigenvalue weighted by Gasteiger charge is 2.21. The molecule has 0 atom stereocenters. The summed E-state index contributed by atoms with van der Waals surface area (Å²) in [4.78, 5) is 26.6. The first-order chi connectivity index (χ1) is 15.3. The third-order valence-electron chi connectivity index (χ3n) is 5.12. The summed E-state index contributed by atoms with van der Waals surface area (Å²) in [5.41, 5.74) is 2.88. The third-order valence-corrected chi connectivity index (χ3v) is 5.12. The van der Waals surface area contributed by atoms with Gasteiger partial charge < -0.3 is 9.47 Å². The second-order valence-corrected chi connectivity index (χ2v) is 7.89. The summed E-state index contributed by atoms with van der Waals surface area (Å²) >= 11 is 0. The number of aryl methyl sites for hydroxylation is 1. The Morgan fingerprint density at radius 3 is 2.31 bits per heavy atom. The predicted molar refractivity (Wildman–Crippen MR) is 123 cm³/mol. The molecular formula is C26H26F2N2O2. The van der Waals surface area contributed by atoms with Crippen LogP contribution in [0.25, 0.3) is 6.08 Å². The molecule has 6 heteroatoms. The molecule has 0 N–H and O–H groups in total. The van der Waals surface area contributed by atoms with Gasteiger partial charge in [0.15, 0.2) is 23.2 Å². The van der Waals surface area contributed by atoms with Gasteiger partial charge in [-0.05, 0) is 54.8 Å². The molecule has 0 aliphatic carbocycles. The number of aromatic nitrogens is 1. The number of carbonyl (C=O) groups is 2. The largest absolute Gasteiger partial charge is 0.364 e. The average molecular weight is 437 g/mol. The second-order valence-electron chi connectivity index (χ2n) is 7.89. The van der Waals surface area contributed by atoms with Crippen molar-refractivity contribution in [3.05, 3.63) is 94.7 Å². The van der Waals surface area contributed by atoms with Crippen molar-refractivity contribution in [2.75, 3.05) is 19.0 Å². The fraction of sp³-hybridized carbons (Fsp3) is 0.231. The van der Waals surface area contributed by atoms with Crippen LogP contribution in [-0.2, 0) is 17.8 Å². The lowest BCUT2D eigenvalue weighted by molar-refractivity contribution is -0.112. The highest BCUT2D eigenvalue weighted by molar-refractivity contribution is 6.02. The number of halogens is 2. The number of rotatable bonds is 9. The Morgan fingerprint density at radius 1 is 0.969 bits per heavy atom. The molecule has 2 aromatic carbocycles. The zero-order valence-corrected chi connectivity index (χ0v) is 18.4. The molecular weight excluding hydrogens is 410 g/mol. The number of benzene rings is 2.